The van der Waals surface area contributed by atoms with Crippen LogP contribution in [0, 0.1) is 0 Å². The number of nitrogens with zero attached hydrogens (tertiary/aromatic N) is 3. The maximum atomic E-state index is 12.1. The lowest BCUT2D eigenvalue weighted by Crippen LogP contribution is -2.23. The summed E-state index contributed by atoms with van der Waals surface area (Å²) in [5, 5.41) is 8.39. The molecule has 0 unspecified atom stereocenters. The molecule has 1 aliphatic carbocycles. The summed E-state index contributed by atoms with van der Waals surface area (Å²) >= 11 is 1.30. The Bertz CT molecular complexity index is 767. The second-order valence-corrected chi connectivity index (χ2v) is 6.55. The lowest BCUT2D eigenvalue weighted by molar-refractivity contribution is -0.142. The third kappa shape index (κ3) is 2.63. The number of hydrogen-bond acceptors (Lipinski definition) is 6. The Morgan fingerprint density at radius 3 is 2.95 bits per heavy atom. The van der Waals surface area contributed by atoms with Crippen molar-refractivity contribution in [2.45, 2.75) is 49.9 Å². The third-order valence-corrected chi connectivity index (χ3v) is 4.76. The molecule has 0 amide bonds. The van der Waals surface area contributed by atoms with Gasteiger partial charge in [-0.05, 0) is 39.5 Å². The molecular formula is C14H18N4O3S. The summed E-state index contributed by atoms with van der Waals surface area (Å²) in [5.74, 6) is 0.159. The first-order valence-electron chi connectivity index (χ1n) is 7.44. The smallest absolute Gasteiger partial charge is 0.319 e. The van der Waals surface area contributed by atoms with Gasteiger partial charge >= 0.3 is 5.97 Å². The second-order valence-electron chi connectivity index (χ2n) is 5.24. The Kier molecular flexibility index (Phi) is 4.19. The van der Waals surface area contributed by atoms with Crippen LogP contribution in [0.15, 0.2) is 9.95 Å². The number of aromatic amines is 1. The lowest BCUT2D eigenvalue weighted by Gasteiger charge is -2.17. The predicted octanol–water partition coefficient (Wildman–Crippen LogP) is 1.34. The van der Waals surface area contributed by atoms with Crippen LogP contribution in [0.2, 0.25) is 0 Å². The largest absolute Gasteiger partial charge is 0.465 e. The van der Waals surface area contributed by atoms with Crippen molar-refractivity contribution in [2.24, 2.45) is 0 Å². The zero-order valence-electron chi connectivity index (χ0n) is 12.6. The maximum Gasteiger partial charge on any atom is 0.319 e. The molecule has 0 saturated heterocycles. The topological polar surface area (TPSA) is 89.3 Å². The number of aryl methyl sites for hydroxylation is 1. The molecule has 0 aromatic carbocycles. The van der Waals surface area contributed by atoms with Crippen molar-refractivity contribution in [3.63, 3.8) is 0 Å². The number of thioether (sulfide) groups is 1. The van der Waals surface area contributed by atoms with Crippen molar-refractivity contribution in [1.29, 1.82) is 0 Å². The standard InChI is InChI=1S/C14H18N4O3S/c1-3-21-12(20)8(2)22-14-17-16-13-15-11(19)9-6-4-5-7-10(9)18(13)14/h8H,3-7H2,1-2H3,(H,15,16,19)/t8-/m1/s1. The molecule has 0 bridgehead atoms. The first kappa shape index (κ1) is 15.1. The van der Waals surface area contributed by atoms with E-state index in [1.165, 1.54) is 11.8 Å². The van der Waals surface area contributed by atoms with E-state index in [0.717, 1.165) is 36.9 Å². The number of hydrogen-bond donors (Lipinski definition) is 1. The number of esters is 1. The van der Waals surface area contributed by atoms with Gasteiger partial charge in [0.25, 0.3) is 5.56 Å². The van der Waals surface area contributed by atoms with Crippen LogP contribution in [-0.4, -0.2) is 37.4 Å². The van der Waals surface area contributed by atoms with E-state index in [4.69, 9.17) is 4.74 Å². The summed E-state index contributed by atoms with van der Waals surface area (Å²) in [6.07, 6.45) is 3.66. The van der Waals surface area contributed by atoms with E-state index in [-0.39, 0.29) is 16.8 Å². The Morgan fingerprint density at radius 2 is 2.18 bits per heavy atom. The summed E-state index contributed by atoms with van der Waals surface area (Å²) in [6, 6.07) is 0. The van der Waals surface area contributed by atoms with Gasteiger partial charge in [-0.25, -0.2) is 0 Å². The van der Waals surface area contributed by atoms with E-state index in [2.05, 4.69) is 15.2 Å². The van der Waals surface area contributed by atoms with E-state index in [0.29, 0.717) is 17.5 Å². The van der Waals surface area contributed by atoms with Gasteiger partial charge in [0.2, 0.25) is 5.78 Å². The highest BCUT2D eigenvalue weighted by Crippen LogP contribution is 2.26. The van der Waals surface area contributed by atoms with Crippen molar-refractivity contribution < 1.29 is 9.53 Å². The van der Waals surface area contributed by atoms with Gasteiger partial charge in [0.05, 0.1) is 6.61 Å². The Labute approximate surface area is 131 Å². The first-order chi connectivity index (χ1) is 10.6. The highest BCUT2D eigenvalue weighted by atomic mass is 32.2. The molecule has 3 rings (SSSR count). The highest BCUT2D eigenvalue weighted by Gasteiger charge is 2.23. The molecule has 7 nitrogen and oxygen atoms in total. The molecule has 1 N–H and O–H groups in total. The van der Waals surface area contributed by atoms with Gasteiger partial charge in [-0.15, -0.1) is 10.2 Å². The summed E-state index contributed by atoms with van der Waals surface area (Å²) in [7, 11) is 0. The molecule has 0 aliphatic heterocycles. The van der Waals surface area contributed by atoms with Crippen LogP contribution in [-0.2, 0) is 22.4 Å². The van der Waals surface area contributed by atoms with Crippen molar-refractivity contribution in [1.82, 2.24) is 19.6 Å². The molecule has 2 aromatic rings. The van der Waals surface area contributed by atoms with Gasteiger partial charge in [-0.1, -0.05) is 11.8 Å². The van der Waals surface area contributed by atoms with Crippen molar-refractivity contribution in [3.05, 3.63) is 21.6 Å². The molecule has 2 aromatic heterocycles. The maximum absolute atomic E-state index is 12.1. The number of nitrogens with one attached hydrogen (secondary N) is 1. The molecule has 2 heterocycles. The monoisotopic (exact) mass is 322 g/mol. The highest BCUT2D eigenvalue weighted by molar-refractivity contribution is 8.00. The molecule has 118 valence electrons. The van der Waals surface area contributed by atoms with Gasteiger partial charge in [-0.2, -0.15) is 0 Å². The number of carbonyl (C=O) groups is 1. The van der Waals surface area contributed by atoms with Gasteiger partial charge in [-0.3, -0.25) is 19.0 Å². The number of fused-ring (bicyclic) bond motifs is 3. The number of ether oxygens (including phenoxy) is 1. The molecule has 8 heteroatoms. The van der Waals surface area contributed by atoms with Gasteiger partial charge < -0.3 is 4.74 Å². The minimum absolute atomic E-state index is 0.0791. The van der Waals surface area contributed by atoms with Gasteiger partial charge in [0.15, 0.2) is 5.16 Å². The normalized spacial score (nSPS) is 15.5. The predicted molar refractivity (Wildman–Crippen MR) is 82.2 cm³/mol. The third-order valence-electron chi connectivity index (χ3n) is 3.74. The van der Waals surface area contributed by atoms with E-state index < -0.39 is 0 Å². The molecule has 0 fully saturated rings. The second kappa shape index (κ2) is 6.12. The average molecular weight is 322 g/mol. The lowest BCUT2D eigenvalue weighted by atomic mass is 9.97. The number of carbonyl (C=O) groups excluding carboxylic acids is 1. The number of aromatic nitrogens is 4. The molecular weight excluding hydrogens is 304 g/mol. The van der Waals surface area contributed by atoms with Gasteiger partial charge in [0.1, 0.15) is 5.25 Å². The van der Waals surface area contributed by atoms with Crippen LogP contribution in [0.4, 0.5) is 0 Å². The quantitative estimate of drug-likeness (QED) is 0.675. The molecule has 1 atom stereocenters. The van der Waals surface area contributed by atoms with Crippen LogP contribution in [0.5, 0.6) is 0 Å². The van der Waals surface area contributed by atoms with Crippen LogP contribution in [0.3, 0.4) is 0 Å². The minimum Gasteiger partial charge on any atom is -0.465 e. The van der Waals surface area contributed by atoms with Crippen molar-refractivity contribution in [3.8, 4) is 0 Å². The summed E-state index contributed by atoms with van der Waals surface area (Å²) in [4.78, 5) is 26.6. The Balaban J connectivity index is 2.01. The molecule has 22 heavy (non-hydrogen) atoms. The number of rotatable bonds is 4. The SMILES string of the molecule is CCOC(=O)[C@@H](C)Sc1nnc2[nH]c(=O)c3c(n12)CCCC3. The van der Waals surface area contributed by atoms with Crippen molar-refractivity contribution >= 4 is 23.5 Å². The fraction of sp³-hybridized carbons (Fsp3) is 0.571. The zero-order chi connectivity index (χ0) is 15.7. The minimum atomic E-state index is -0.376. The van der Waals surface area contributed by atoms with Crippen molar-refractivity contribution in [2.75, 3.05) is 6.61 Å². The molecule has 0 saturated carbocycles. The Hall–Kier alpha value is -1.83. The first-order valence-corrected chi connectivity index (χ1v) is 8.32. The fourth-order valence-corrected chi connectivity index (χ4v) is 3.56. The molecule has 0 radical (unpaired) electrons. The zero-order valence-corrected chi connectivity index (χ0v) is 13.4. The molecule has 0 spiro atoms. The van der Waals surface area contributed by atoms with Crippen LogP contribution >= 0.6 is 11.8 Å². The summed E-state index contributed by atoms with van der Waals surface area (Å²) in [5.41, 5.74) is 1.70. The average Bonchev–Trinajstić information content (AvgIpc) is 2.90. The summed E-state index contributed by atoms with van der Waals surface area (Å²) < 4.78 is 6.89. The summed E-state index contributed by atoms with van der Waals surface area (Å²) in [6.45, 7) is 3.91. The van der Waals surface area contributed by atoms with E-state index in [9.17, 15) is 9.59 Å². The Morgan fingerprint density at radius 1 is 1.41 bits per heavy atom. The van der Waals surface area contributed by atoms with E-state index >= 15 is 0 Å². The van der Waals surface area contributed by atoms with E-state index in [1.54, 1.807) is 13.8 Å². The van der Waals surface area contributed by atoms with Crippen LogP contribution in [0.25, 0.3) is 5.78 Å². The number of H-pyrrole nitrogens is 1. The van der Waals surface area contributed by atoms with Crippen LogP contribution < -0.4 is 5.56 Å². The van der Waals surface area contributed by atoms with Gasteiger partial charge in [0, 0.05) is 11.3 Å². The van der Waals surface area contributed by atoms with E-state index in [1.807, 2.05) is 4.40 Å². The fourth-order valence-electron chi connectivity index (χ4n) is 2.69. The van der Waals surface area contributed by atoms with Crippen LogP contribution in [0.1, 0.15) is 37.9 Å². The molecule has 1 aliphatic rings.